The third-order valence-corrected chi connectivity index (χ3v) is 3.12. The molecule has 0 spiro atoms. The van der Waals surface area contributed by atoms with Crippen LogP contribution in [0.5, 0.6) is 0 Å². The van der Waals surface area contributed by atoms with E-state index in [1.165, 1.54) is 0 Å². The normalized spacial score (nSPS) is 19.9. The van der Waals surface area contributed by atoms with Gasteiger partial charge in [0.05, 0.1) is 5.54 Å². The van der Waals surface area contributed by atoms with Crippen molar-refractivity contribution in [2.45, 2.75) is 57.0 Å². The van der Waals surface area contributed by atoms with Gasteiger partial charge in [-0.05, 0) is 32.6 Å². The van der Waals surface area contributed by atoms with Gasteiger partial charge in [-0.15, -0.1) is 12.4 Å². The fourth-order valence-corrected chi connectivity index (χ4v) is 2.07. The molecule has 1 saturated carbocycles. The molecular weight excluding hydrogens is 228 g/mol. The molecule has 1 amide bonds. The number of hydrogen-bond acceptors (Lipinski definition) is 3. The van der Waals surface area contributed by atoms with E-state index in [1.807, 2.05) is 6.92 Å². The van der Waals surface area contributed by atoms with Gasteiger partial charge in [0, 0.05) is 12.6 Å². The first kappa shape index (κ1) is 15.7. The minimum atomic E-state index is -0.631. The molecule has 0 aromatic heterocycles. The fraction of sp³-hybridized carbons (Fsp3) is 0.909. The summed E-state index contributed by atoms with van der Waals surface area (Å²) in [4.78, 5) is 11.8. The number of amides is 1. The van der Waals surface area contributed by atoms with E-state index in [0.29, 0.717) is 0 Å². The number of halogens is 1. The van der Waals surface area contributed by atoms with Crippen LogP contribution in [0.1, 0.15) is 45.4 Å². The van der Waals surface area contributed by atoms with Crippen molar-refractivity contribution in [3.63, 3.8) is 0 Å². The summed E-state index contributed by atoms with van der Waals surface area (Å²) in [6.07, 6.45) is 5.22. The Morgan fingerprint density at radius 1 is 1.50 bits per heavy atom. The molecule has 1 aliphatic rings. The molecule has 0 aliphatic heterocycles. The van der Waals surface area contributed by atoms with Crippen molar-refractivity contribution in [1.82, 2.24) is 5.32 Å². The summed E-state index contributed by atoms with van der Waals surface area (Å²) in [5, 5.41) is 11.6. The first-order valence-corrected chi connectivity index (χ1v) is 5.79. The number of aliphatic hydroxyl groups excluding tert-OH is 1. The molecule has 0 aromatic rings. The summed E-state index contributed by atoms with van der Waals surface area (Å²) in [5.74, 6) is -0.0227. The average molecular weight is 251 g/mol. The zero-order valence-electron chi connectivity index (χ0n) is 9.87. The number of hydrogen-bond donors (Lipinski definition) is 3. The lowest BCUT2D eigenvalue weighted by Crippen LogP contribution is -2.53. The van der Waals surface area contributed by atoms with Crippen LogP contribution in [-0.2, 0) is 4.79 Å². The first-order chi connectivity index (χ1) is 7.08. The highest BCUT2D eigenvalue weighted by Crippen LogP contribution is 2.27. The van der Waals surface area contributed by atoms with E-state index in [1.54, 1.807) is 0 Å². The molecule has 1 aliphatic carbocycles. The maximum absolute atomic E-state index is 11.8. The molecule has 96 valence electrons. The van der Waals surface area contributed by atoms with Gasteiger partial charge in [0.1, 0.15) is 0 Å². The van der Waals surface area contributed by atoms with Crippen molar-refractivity contribution >= 4 is 18.3 Å². The Bertz CT molecular complexity index is 218. The highest BCUT2D eigenvalue weighted by molar-refractivity contribution is 5.86. The summed E-state index contributed by atoms with van der Waals surface area (Å²) < 4.78 is 0. The van der Waals surface area contributed by atoms with Crippen LogP contribution in [0.2, 0.25) is 0 Å². The van der Waals surface area contributed by atoms with E-state index in [0.717, 1.165) is 38.5 Å². The highest BCUT2D eigenvalue weighted by atomic mass is 35.5. The molecule has 1 rings (SSSR count). The largest absolute Gasteiger partial charge is 0.396 e. The van der Waals surface area contributed by atoms with E-state index >= 15 is 0 Å². The quantitative estimate of drug-likeness (QED) is 0.680. The van der Waals surface area contributed by atoms with Crippen LogP contribution in [0.4, 0.5) is 0 Å². The Labute approximate surface area is 103 Å². The molecule has 0 radical (unpaired) electrons. The third kappa shape index (κ3) is 4.28. The molecule has 4 N–H and O–H groups in total. The third-order valence-electron chi connectivity index (χ3n) is 3.12. The molecule has 0 bridgehead atoms. The van der Waals surface area contributed by atoms with Gasteiger partial charge in [0.2, 0.25) is 5.91 Å². The SMILES string of the molecule is CC(CCCO)NC(=O)C1(N)CCCC1.Cl. The molecule has 0 saturated heterocycles. The van der Waals surface area contributed by atoms with Crippen LogP contribution in [0.25, 0.3) is 0 Å². The summed E-state index contributed by atoms with van der Waals surface area (Å²) in [6, 6.07) is 0.102. The van der Waals surface area contributed by atoms with Crippen LogP contribution in [-0.4, -0.2) is 29.2 Å². The molecule has 4 nitrogen and oxygen atoms in total. The standard InChI is InChI=1S/C11H22N2O2.ClH/c1-9(5-4-8-14)13-10(15)11(12)6-2-3-7-11;/h9,14H,2-8,12H2,1H3,(H,13,15);1H. The predicted molar refractivity (Wildman–Crippen MR) is 66.6 cm³/mol. The van der Waals surface area contributed by atoms with E-state index in [-0.39, 0.29) is 31.0 Å². The predicted octanol–water partition coefficient (Wildman–Crippen LogP) is 0.957. The van der Waals surface area contributed by atoms with E-state index in [9.17, 15) is 4.79 Å². The number of nitrogens with two attached hydrogens (primary N) is 1. The number of carbonyl (C=O) groups is 1. The van der Waals surface area contributed by atoms with Crippen molar-refractivity contribution in [3.05, 3.63) is 0 Å². The zero-order valence-corrected chi connectivity index (χ0v) is 10.7. The summed E-state index contributed by atoms with van der Waals surface area (Å²) in [5.41, 5.74) is 5.39. The Kier molecular flexibility index (Phi) is 6.95. The Morgan fingerprint density at radius 2 is 2.06 bits per heavy atom. The van der Waals surface area contributed by atoms with Crippen LogP contribution >= 0.6 is 12.4 Å². The number of aliphatic hydroxyl groups is 1. The van der Waals surface area contributed by atoms with Crippen molar-refractivity contribution in [3.8, 4) is 0 Å². The maximum Gasteiger partial charge on any atom is 0.240 e. The topological polar surface area (TPSA) is 75.3 Å². The van der Waals surface area contributed by atoms with Crippen LogP contribution in [0.3, 0.4) is 0 Å². The second-order valence-electron chi connectivity index (χ2n) is 4.60. The molecule has 1 fully saturated rings. The van der Waals surface area contributed by atoms with Gasteiger partial charge in [0.15, 0.2) is 0 Å². The molecule has 1 unspecified atom stereocenters. The second-order valence-corrected chi connectivity index (χ2v) is 4.60. The summed E-state index contributed by atoms with van der Waals surface area (Å²) in [7, 11) is 0. The maximum atomic E-state index is 11.8. The number of rotatable bonds is 5. The first-order valence-electron chi connectivity index (χ1n) is 5.79. The highest BCUT2D eigenvalue weighted by Gasteiger charge is 2.37. The minimum Gasteiger partial charge on any atom is -0.396 e. The van der Waals surface area contributed by atoms with E-state index in [2.05, 4.69) is 5.32 Å². The molecule has 1 atom stereocenters. The number of nitrogens with one attached hydrogen (secondary N) is 1. The van der Waals surface area contributed by atoms with Gasteiger partial charge in [-0.25, -0.2) is 0 Å². The van der Waals surface area contributed by atoms with Gasteiger partial charge in [-0.3, -0.25) is 4.79 Å². The second kappa shape index (κ2) is 7.09. The van der Waals surface area contributed by atoms with Crippen molar-refractivity contribution < 1.29 is 9.90 Å². The van der Waals surface area contributed by atoms with E-state index < -0.39 is 5.54 Å². The summed E-state index contributed by atoms with van der Waals surface area (Å²) in [6.45, 7) is 2.12. The lowest BCUT2D eigenvalue weighted by molar-refractivity contribution is -0.126. The zero-order chi connectivity index (χ0) is 11.3. The Hall–Kier alpha value is -0.320. The smallest absolute Gasteiger partial charge is 0.240 e. The molecular formula is C11H23ClN2O2. The van der Waals surface area contributed by atoms with Crippen molar-refractivity contribution in [2.24, 2.45) is 5.73 Å². The lowest BCUT2D eigenvalue weighted by Gasteiger charge is -2.25. The van der Waals surface area contributed by atoms with Gasteiger partial charge < -0.3 is 16.2 Å². The van der Waals surface area contributed by atoms with Crippen molar-refractivity contribution in [2.75, 3.05) is 6.61 Å². The summed E-state index contributed by atoms with van der Waals surface area (Å²) >= 11 is 0. The number of carbonyl (C=O) groups excluding carboxylic acids is 1. The molecule has 5 heteroatoms. The van der Waals surface area contributed by atoms with Crippen LogP contribution in [0.15, 0.2) is 0 Å². The average Bonchev–Trinajstić information content (AvgIpc) is 2.63. The van der Waals surface area contributed by atoms with Gasteiger partial charge in [0.25, 0.3) is 0 Å². The van der Waals surface area contributed by atoms with Crippen molar-refractivity contribution in [1.29, 1.82) is 0 Å². The molecule has 0 aromatic carbocycles. The van der Waals surface area contributed by atoms with E-state index in [4.69, 9.17) is 10.8 Å². The Morgan fingerprint density at radius 3 is 2.56 bits per heavy atom. The fourth-order valence-electron chi connectivity index (χ4n) is 2.07. The van der Waals surface area contributed by atoms with Gasteiger partial charge >= 0.3 is 0 Å². The van der Waals surface area contributed by atoms with Gasteiger partial charge in [-0.1, -0.05) is 12.8 Å². The molecule has 16 heavy (non-hydrogen) atoms. The minimum absolute atomic E-state index is 0. The monoisotopic (exact) mass is 250 g/mol. The van der Waals surface area contributed by atoms with Crippen LogP contribution < -0.4 is 11.1 Å². The van der Waals surface area contributed by atoms with Crippen LogP contribution in [0, 0.1) is 0 Å². The molecule has 0 heterocycles. The lowest BCUT2D eigenvalue weighted by atomic mass is 9.97. The van der Waals surface area contributed by atoms with Gasteiger partial charge in [-0.2, -0.15) is 0 Å². The Balaban J connectivity index is 0.00000225.